The molecule has 1 unspecified atom stereocenters. The van der Waals surface area contributed by atoms with Crippen LogP contribution in [-0.4, -0.2) is 33.5 Å². The molecule has 1 saturated carbocycles. The summed E-state index contributed by atoms with van der Waals surface area (Å²) in [5.74, 6) is 0.560. The number of carbonyl (C=O) groups is 2. The van der Waals surface area contributed by atoms with Crippen molar-refractivity contribution in [1.82, 2.24) is 15.3 Å². The Bertz CT molecular complexity index is 759. The van der Waals surface area contributed by atoms with Crippen molar-refractivity contribution in [3.8, 4) is 0 Å². The van der Waals surface area contributed by atoms with E-state index in [1.165, 1.54) is 24.8 Å². The Morgan fingerprint density at radius 3 is 2.68 bits per heavy atom. The summed E-state index contributed by atoms with van der Waals surface area (Å²) in [5, 5.41) is 10.6. The number of nitrogen functional groups attached to an aromatic ring is 1. The molecule has 25 heavy (non-hydrogen) atoms. The first-order chi connectivity index (χ1) is 12.0. The highest BCUT2D eigenvalue weighted by molar-refractivity contribution is 6.05. The molecule has 1 fully saturated rings. The predicted octanol–water partition coefficient (Wildman–Crippen LogP) is 2.71. The number of rotatable bonds is 4. The molecule has 1 heterocycles. The van der Waals surface area contributed by atoms with Crippen molar-refractivity contribution >= 4 is 29.2 Å². The molecule has 1 aliphatic carbocycles. The van der Waals surface area contributed by atoms with Crippen molar-refractivity contribution in [1.29, 1.82) is 0 Å². The molecule has 0 aliphatic heterocycles. The Morgan fingerprint density at radius 2 is 2.12 bits per heavy atom. The summed E-state index contributed by atoms with van der Waals surface area (Å²) in [4.78, 5) is 29.3. The summed E-state index contributed by atoms with van der Waals surface area (Å²) in [6, 6.07) is 6.20. The fraction of sp³-hybridized carbons (Fsp3) is 0.444. The van der Waals surface area contributed by atoms with E-state index < -0.39 is 0 Å². The zero-order chi connectivity index (χ0) is 18.4. The summed E-state index contributed by atoms with van der Waals surface area (Å²) in [7, 11) is 0. The molecular weight excluding hydrogens is 320 g/mol. The molecule has 1 amide bonds. The number of benzene rings is 1. The van der Waals surface area contributed by atoms with Gasteiger partial charge in [0.25, 0.3) is 12.4 Å². The Labute approximate surface area is 146 Å². The number of aromatic nitrogens is 2. The topological polar surface area (TPSA) is 118 Å². The average molecular weight is 344 g/mol. The average Bonchev–Trinajstić information content (AvgIpc) is 2.53. The molecule has 2 aromatic rings. The van der Waals surface area contributed by atoms with Gasteiger partial charge in [0.1, 0.15) is 5.69 Å². The number of anilines is 1. The SMILES string of the molecule is CCC(C)NC(=O)c1nc(N)nc2ccc(C3CCC3)cc12.O=CO. The number of nitrogens with zero attached hydrogens (tertiary/aromatic N) is 2. The highest BCUT2D eigenvalue weighted by Gasteiger charge is 2.22. The minimum atomic E-state index is -0.250. The maximum Gasteiger partial charge on any atom is 0.290 e. The van der Waals surface area contributed by atoms with E-state index in [1.807, 2.05) is 19.9 Å². The lowest BCUT2D eigenvalue weighted by atomic mass is 9.80. The zero-order valence-electron chi connectivity index (χ0n) is 14.5. The van der Waals surface area contributed by atoms with E-state index in [0.717, 1.165) is 17.3 Å². The lowest BCUT2D eigenvalue weighted by Gasteiger charge is -2.26. The highest BCUT2D eigenvalue weighted by Crippen LogP contribution is 2.37. The normalized spacial score (nSPS) is 14.8. The molecule has 4 N–H and O–H groups in total. The number of hydrogen-bond acceptors (Lipinski definition) is 5. The first-order valence-electron chi connectivity index (χ1n) is 8.46. The van der Waals surface area contributed by atoms with Gasteiger partial charge in [-0.05, 0) is 49.8 Å². The Morgan fingerprint density at radius 1 is 1.44 bits per heavy atom. The number of carbonyl (C=O) groups excluding carboxylic acids is 1. The second-order valence-electron chi connectivity index (χ2n) is 6.22. The first-order valence-corrected chi connectivity index (χ1v) is 8.46. The molecule has 1 atom stereocenters. The summed E-state index contributed by atoms with van der Waals surface area (Å²) >= 11 is 0. The number of carboxylic acid groups (broad SMARTS) is 1. The molecular formula is C18H24N4O3. The van der Waals surface area contributed by atoms with Crippen LogP contribution < -0.4 is 11.1 Å². The van der Waals surface area contributed by atoms with Crippen LogP contribution >= 0.6 is 0 Å². The van der Waals surface area contributed by atoms with E-state index in [0.29, 0.717) is 11.6 Å². The quantitative estimate of drug-likeness (QED) is 0.734. The smallest absolute Gasteiger partial charge is 0.290 e. The number of fused-ring (bicyclic) bond motifs is 1. The molecule has 3 rings (SSSR count). The minimum Gasteiger partial charge on any atom is -0.483 e. The zero-order valence-corrected chi connectivity index (χ0v) is 14.5. The minimum absolute atomic E-state index is 0.105. The van der Waals surface area contributed by atoms with Gasteiger partial charge >= 0.3 is 0 Å². The van der Waals surface area contributed by atoms with Crippen molar-refractivity contribution in [2.75, 3.05) is 5.73 Å². The van der Waals surface area contributed by atoms with Gasteiger partial charge in [0, 0.05) is 11.4 Å². The van der Waals surface area contributed by atoms with Crippen molar-refractivity contribution in [3.05, 3.63) is 29.5 Å². The van der Waals surface area contributed by atoms with Crippen molar-refractivity contribution in [2.45, 2.75) is 51.5 Å². The second-order valence-corrected chi connectivity index (χ2v) is 6.22. The molecule has 134 valence electrons. The van der Waals surface area contributed by atoms with Crippen molar-refractivity contribution in [3.63, 3.8) is 0 Å². The molecule has 1 aromatic carbocycles. The third-order valence-electron chi connectivity index (χ3n) is 4.52. The Hall–Kier alpha value is -2.70. The predicted molar refractivity (Wildman–Crippen MR) is 96.5 cm³/mol. The van der Waals surface area contributed by atoms with Gasteiger partial charge < -0.3 is 16.2 Å². The monoisotopic (exact) mass is 344 g/mol. The summed E-state index contributed by atoms with van der Waals surface area (Å²) in [5.41, 5.74) is 8.13. The number of nitrogens with two attached hydrogens (primary N) is 1. The maximum absolute atomic E-state index is 12.5. The molecule has 1 aromatic heterocycles. The van der Waals surface area contributed by atoms with Crippen LogP contribution in [0.5, 0.6) is 0 Å². The number of nitrogens with one attached hydrogen (secondary N) is 1. The first kappa shape index (κ1) is 18.6. The van der Waals surface area contributed by atoms with Crippen LogP contribution in [-0.2, 0) is 4.79 Å². The molecule has 1 aliphatic rings. The lowest BCUT2D eigenvalue weighted by molar-refractivity contribution is -0.122. The van der Waals surface area contributed by atoms with Gasteiger partial charge in [-0.1, -0.05) is 19.4 Å². The summed E-state index contributed by atoms with van der Waals surface area (Å²) in [6.07, 6.45) is 4.59. The second kappa shape index (κ2) is 8.41. The Kier molecular flexibility index (Phi) is 6.27. The molecule has 7 nitrogen and oxygen atoms in total. The Balaban J connectivity index is 0.000000701. The largest absolute Gasteiger partial charge is 0.483 e. The third-order valence-corrected chi connectivity index (χ3v) is 4.52. The molecule has 0 bridgehead atoms. The number of amides is 1. The van der Waals surface area contributed by atoms with E-state index in [1.54, 1.807) is 0 Å². The molecule has 7 heteroatoms. The van der Waals surface area contributed by atoms with Crippen LogP contribution in [0.15, 0.2) is 18.2 Å². The van der Waals surface area contributed by atoms with Gasteiger partial charge in [-0.2, -0.15) is 0 Å². The fourth-order valence-electron chi connectivity index (χ4n) is 2.73. The van der Waals surface area contributed by atoms with E-state index in [-0.39, 0.29) is 24.4 Å². The summed E-state index contributed by atoms with van der Waals surface area (Å²) < 4.78 is 0. The van der Waals surface area contributed by atoms with Crippen LogP contribution in [0.2, 0.25) is 0 Å². The van der Waals surface area contributed by atoms with Crippen molar-refractivity contribution < 1.29 is 14.7 Å². The van der Waals surface area contributed by atoms with Crippen LogP contribution in [0.4, 0.5) is 5.95 Å². The molecule has 0 radical (unpaired) electrons. The third kappa shape index (κ3) is 4.43. The van der Waals surface area contributed by atoms with Gasteiger partial charge in [-0.15, -0.1) is 0 Å². The number of hydrogen-bond donors (Lipinski definition) is 3. The lowest BCUT2D eigenvalue weighted by Crippen LogP contribution is -2.33. The standard InChI is InChI=1S/C17H22N4O.CH2O2/c1-3-10(2)19-16(22)15-13-9-12(11-5-4-6-11)7-8-14(13)20-17(18)21-15;2-1-3/h7-11H,3-6H2,1-2H3,(H,19,22)(H2,18,20,21);1H,(H,2,3). The highest BCUT2D eigenvalue weighted by atomic mass is 16.3. The summed E-state index contributed by atoms with van der Waals surface area (Å²) in [6.45, 7) is 3.76. The van der Waals surface area contributed by atoms with Gasteiger partial charge in [0.05, 0.1) is 5.52 Å². The van der Waals surface area contributed by atoms with Gasteiger partial charge in [0.15, 0.2) is 0 Å². The van der Waals surface area contributed by atoms with Crippen molar-refractivity contribution in [2.24, 2.45) is 0 Å². The van der Waals surface area contributed by atoms with Crippen LogP contribution in [0.25, 0.3) is 10.9 Å². The van der Waals surface area contributed by atoms with Gasteiger partial charge in [-0.3, -0.25) is 9.59 Å². The molecule has 0 saturated heterocycles. The maximum atomic E-state index is 12.5. The van der Waals surface area contributed by atoms with E-state index in [4.69, 9.17) is 15.6 Å². The van der Waals surface area contributed by atoms with Crippen LogP contribution in [0, 0.1) is 0 Å². The van der Waals surface area contributed by atoms with E-state index >= 15 is 0 Å². The van der Waals surface area contributed by atoms with Gasteiger partial charge in [0.2, 0.25) is 5.95 Å². The van der Waals surface area contributed by atoms with E-state index in [2.05, 4.69) is 27.4 Å². The van der Waals surface area contributed by atoms with Crippen LogP contribution in [0.3, 0.4) is 0 Å². The molecule has 0 spiro atoms. The van der Waals surface area contributed by atoms with Gasteiger partial charge in [-0.25, -0.2) is 9.97 Å². The van der Waals surface area contributed by atoms with Crippen LogP contribution in [0.1, 0.15) is 61.5 Å². The van der Waals surface area contributed by atoms with E-state index in [9.17, 15) is 4.79 Å². The fourth-order valence-corrected chi connectivity index (χ4v) is 2.73.